The molecule has 27 heavy (non-hydrogen) atoms. The molecule has 0 atom stereocenters. The number of methoxy groups -OCH3 is 1. The minimum Gasteiger partial charge on any atom is -0.496 e. The van der Waals surface area contributed by atoms with Gasteiger partial charge in [-0.2, -0.15) is 13.2 Å². The van der Waals surface area contributed by atoms with Gasteiger partial charge in [0.15, 0.2) is 0 Å². The molecule has 1 heterocycles. The van der Waals surface area contributed by atoms with E-state index in [0.717, 1.165) is 4.90 Å². The van der Waals surface area contributed by atoms with Gasteiger partial charge in [-0.1, -0.05) is 0 Å². The highest BCUT2D eigenvalue weighted by atomic mass is 19.4. The summed E-state index contributed by atoms with van der Waals surface area (Å²) in [6, 6.07) is 4.16. The minimum absolute atomic E-state index is 0.0468. The number of nitro groups is 1. The predicted octanol–water partition coefficient (Wildman–Crippen LogP) is 2.52. The highest BCUT2D eigenvalue weighted by Gasteiger charge is 2.43. The summed E-state index contributed by atoms with van der Waals surface area (Å²) in [5.74, 6) is -1.58. The Labute approximate surface area is 150 Å². The van der Waals surface area contributed by atoms with Gasteiger partial charge < -0.3 is 14.8 Å². The van der Waals surface area contributed by atoms with Gasteiger partial charge in [-0.05, 0) is 24.8 Å². The molecule has 10 nitrogen and oxygen atoms in total. The Morgan fingerprint density at radius 1 is 1.26 bits per heavy atom. The summed E-state index contributed by atoms with van der Waals surface area (Å²) < 4.78 is 42.5. The minimum atomic E-state index is -4.88. The SMILES string of the molecule is COc1ccc([N+](=O)[O-])cc1C1CCN(C(=O)C(F)(F)F)CC1.O=[N+]([O-])O. The standard InChI is InChI=1S/C14H15F3N2O4.HNO3/c1-23-12-3-2-10(19(21)22)8-11(12)9-4-6-18(7-5-9)13(20)14(15,16)17;2-1(3)4/h2-3,8-9H,4-7H2,1H3;(H,2,3,4). The van der Waals surface area contributed by atoms with Crippen LogP contribution in [-0.4, -0.2) is 52.4 Å². The molecule has 1 aliphatic heterocycles. The van der Waals surface area contributed by atoms with E-state index in [-0.39, 0.29) is 24.7 Å². The van der Waals surface area contributed by atoms with Gasteiger partial charge in [-0.15, -0.1) is 10.1 Å². The van der Waals surface area contributed by atoms with Gasteiger partial charge in [-0.25, -0.2) is 0 Å². The maximum Gasteiger partial charge on any atom is 0.471 e. The lowest BCUT2D eigenvalue weighted by molar-refractivity contribution is -0.742. The first-order valence-corrected chi connectivity index (χ1v) is 7.49. The Morgan fingerprint density at radius 2 is 1.78 bits per heavy atom. The number of carbonyl (C=O) groups excluding carboxylic acids is 1. The van der Waals surface area contributed by atoms with Crippen molar-refractivity contribution in [2.24, 2.45) is 0 Å². The number of rotatable bonds is 3. The highest BCUT2D eigenvalue weighted by Crippen LogP contribution is 2.37. The number of amides is 1. The van der Waals surface area contributed by atoms with Crippen LogP contribution in [0.15, 0.2) is 18.2 Å². The molecule has 13 heteroatoms. The monoisotopic (exact) mass is 395 g/mol. The van der Waals surface area contributed by atoms with Crippen LogP contribution in [-0.2, 0) is 4.79 Å². The van der Waals surface area contributed by atoms with Crippen LogP contribution in [0.3, 0.4) is 0 Å². The smallest absolute Gasteiger partial charge is 0.471 e. The fraction of sp³-hybridized carbons (Fsp3) is 0.500. The number of likely N-dealkylation sites (tertiary alicyclic amines) is 1. The Morgan fingerprint density at radius 3 is 2.19 bits per heavy atom. The maximum atomic E-state index is 12.4. The van der Waals surface area contributed by atoms with Gasteiger partial charge in [0.1, 0.15) is 5.75 Å². The zero-order valence-corrected chi connectivity index (χ0v) is 14.0. The fourth-order valence-corrected chi connectivity index (χ4v) is 2.73. The van der Waals surface area contributed by atoms with Crippen molar-refractivity contribution < 1.29 is 37.9 Å². The maximum absolute atomic E-state index is 12.4. The zero-order chi connectivity index (χ0) is 20.8. The van der Waals surface area contributed by atoms with Crippen LogP contribution in [0.1, 0.15) is 24.3 Å². The lowest BCUT2D eigenvalue weighted by atomic mass is 9.88. The van der Waals surface area contributed by atoms with Crippen LogP contribution in [0.25, 0.3) is 0 Å². The quantitative estimate of drug-likeness (QED) is 0.613. The van der Waals surface area contributed by atoms with Crippen molar-refractivity contribution in [1.82, 2.24) is 4.90 Å². The number of non-ortho nitro benzene ring substituents is 1. The summed E-state index contributed by atoms with van der Waals surface area (Å²) in [7, 11) is 1.42. The second-order valence-corrected chi connectivity index (χ2v) is 5.49. The van der Waals surface area contributed by atoms with Crippen LogP contribution in [0.4, 0.5) is 18.9 Å². The molecule has 1 amide bonds. The first-order valence-electron chi connectivity index (χ1n) is 7.49. The summed E-state index contributed by atoms with van der Waals surface area (Å²) >= 11 is 0. The van der Waals surface area contributed by atoms with Gasteiger partial charge in [0.05, 0.1) is 12.0 Å². The molecule has 1 N–H and O–H groups in total. The molecule has 1 aliphatic rings. The van der Waals surface area contributed by atoms with Crippen molar-refractivity contribution in [3.8, 4) is 5.75 Å². The number of carbonyl (C=O) groups is 1. The van der Waals surface area contributed by atoms with E-state index in [0.29, 0.717) is 24.2 Å². The summed E-state index contributed by atoms with van der Waals surface area (Å²) in [5, 5.41) is 24.5. The Balaban J connectivity index is 0.000000828. The van der Waals surface area contributed by atoms with Crippen molar-refractivity contribution in [3.05, 3.63) is 44.0 Å². The largest absolute Gasteiger partial charge is 0.496 e. The number of piperidine rings is 1. The number of alkyl halides is 3. The third-order valence-corrected chi connectivity index (χ3v) is 3.89. The lowest BCUT2D eigenvalue weighted by Crippen LogP contribution is -2.45. The summed E-state index contributed by atoms with van der Waals surface area (Å²) in [4.78, 5) is 30.7. The Hall–Kier alpha value is -3.12. The average molecular weight is 395 g/mol. The van der Waals surface area contributed by atoms with Crippen molar-refractivity contribution in [1.29, 1.82) is 0 Å². The molecule has 0 radical (unpaired) electrons. The molecular weight excluding hydrogens is 379 g/mol. The van der Waals surface area contributed by atoms with Crippen LogP contribution < -0.4 is 4.74 Å². The van der Waals surface area contributed by atoms with E-state index in [1.165, 1.54) is 25.3 Å². The van der Waals surface area contributed by atoms with Crippen molar-refractivity contribution in [2.75, 3.05) is 20.2 Å². The van der Waals surface area contributed by atoms with Crippen molar-refractivity contribution >= 4 is 11.6 Å². The molecule has 0 aliphatic carbocycles. The van der Waals surface area contributed by atoms with Crippen molar-refractivity contribution in [3.63, 3.8) is 0 Å². The molecule has 2 rings (SSSR count). The highest BCUT2D eigenvalue weighted by molar-refractivity contribution is 5.81. The van der Waals surface area contributed by atoms with Crippen LogP contribution >= 0.6 is 0 Å². The molecule has 0 spiro atoms. The topological polar surface area (TPSA) is 136 Å². The third-order valence-electron chi connectivity index (χ3n) is 3.89. The van der Waals surface area contributed by atoms with Gasteiger partial charge in [0.25, 0.3) is 10.8 Å². The van der Waals surface area contributed by atoms with E-state index in [9.17, 15) is 28.1 Å². The number of halogens is 3. The van der Waals surface area contributed by atoms with Gasteiger partial charge in [0, 0.05) is 30.8 Å². The average Bonchev–Trinajstić information content (AvgIpc) is 2.59. The molecule has 1 aromatic carbocycles. The van der Waals surface area contributed by atoms with E-state index in [2.05, 4.69) is 0 Å². The molecule has 1 saturated heterocycles. The van der Waals surface area contributed by atoms with Crippen molar-refractivity contribution in [2.45, 2.75) is 24.9 Å². The van der Waals surface area contributed by atoms with Crippen LogP contribution in [0, 0.1) is 20.2 Å². The fourth-order valence-electron chi connectivity index (χ4n) is 2.73. The Bertz CT molecular complexity index is 700. The number of nitrogens with zero attached hydrogens (tertiary/aromatic N) is 3. The number of nitro benzene ring substituents is 1. The zero-order valence-electron chi connectivity index (χ0n) is 14.0. The first kappa shape index (κ1) is 21.9. The second kappa shape index (κ2) is 9.00. The Kier molecular flexibility index (Phi) is 7.31. The molecule has 0 unspecified atom stereocenters. The third kappa shape index (κ3) is 6.27. The number of hydrogen-bond donors (Lipinski definition) is 1. The molecule has 1 aromatic rings. The molecule has 1 fully saturated rings. The number of hydrogen-bond acceptors (Lipinski definition) is 6. The van der Waals surface area contributed by atoms with E-state index in [1.807, 2.05) is 0 Å². The van der Waals surface area contributed by atoms with Gasteiger partial charge in [0.2, 0.25) is 0 Å². The van der Waals surface area contributed by atoms with Gasteiger partial charge >= 0.3 is 12.1 Å². The molecule has 0 bridgehead atoms. The first-order chi connectivity index (χ1) is 12.5. The van der Waals surface area contributed by atoms with E-state index in [4.69, 9.17) is 20.1 Å². The molecule has 0 aromatic heterocycles. The summed E-state index contributed by atoms with van der Waals surface area (Å²) in [6.07, 6.45) is -4.30. The van der Waals surface area contributed by atoms with E-state index in [1.54, 1.807) is 0 Å². The lowest BCUT2D eigenvalue weighted by Gasteiger charge is -2.33. The van der Waals surface area contributed by atoms with Crippen LogP contribution in [0.2, 0.25) is 0 Å². The molecule has 150 valence electrons. The normalized spacial score (nSPS) is 14.7. The second-order valence-electron chi connectivity index (χ2n) is 5.49. The van der Waals surface area contributed by atoms with E-state index < -0.39 is 22.1 Å². The number of benzene rings is 1. The summed E-state index contributed by atoms with van der Waals surface area (Å²) in [6.45, 7) is -0.0935. The number of ether oxygens (including phenoxy) is 1. The molecule has 0 saturated carbocycles. The van der Waals surface area contributed by atoms with Crippen LogP contribution in [0.5, 0.6) is 5.75 Å². The summed E-state index contributed by atoms with van der Waals surface area (Å²) in [5.41, 5.74) is 0.482. The molecular formula is C14H16F3N3O7. The predicted molar refractivity (Wildman–Crippen MR) is 83.0 cm³/mol. The van der Waals surface area contributed by atoms with Gasteiger partial charge in [-0.3, -0.25) is 14.9 Å². The van der Waals surface area contributed by atoms with E-state index >= 15 is 0 Å².